The highest BCUT2D eigenvalue weighted by molar-refractivity contribution is 6.17. The number of rotatable bonds is 2. The molecule has 0 spiro atoms. The number of ether oxygens (including phenoxy) is 2. The third-order valence-electron chi connectivity index (χ3n) is 3.34. The highest BCUT2D eigenvalue weighted by Gasteiger charge is 2.22. The summed E-state index contributed by atoms with van der Waals surface area (Å²) in [5.74, 6) is -0.143. The molecule has 0 aliphatic heterocycles. The predicted octanol–water partition coefficient (Wildman–Crippen LogP) is 2.74. The van der Waals surface area contributed by atoms with Gasteiger partial charge in [0.25, 0.3) is 0 Å². The molecule has 3 rings (SSSR count). The SMILES string of the molecule is COC(=O)c1c(OC)c2ccccc2c2oc(=O)ccc12. The summed E-state index contributed by atoms with van der Waals surface area (Å²) >= 11 is 0. The summed E-state index contributed by atoms with van der Waals surface area (Å²) in [6.45, 7) is 0. The van der Waals surface area contributed by atoms with Gasteiger partial charge >= 0.3 is 11.6 Å². The maximum absolute atomic E-state index is 12.1. The molecule has 3 aromatic rings. The molecule has 0 fully saturated rings. The van der Waals surface area contributed by atoms with Gasteiger partial charge in [0.2, 0.25) is 0 Å². The van der Waals surface area contributed by atoms with E-state index in [1.165, 1.54) is 20.3 Å². The van der Waals surface area contributed by atoms with Crippen LogP contribution < -0.4 is 10.4 Å². The Balaban J connectivity index is 2.63. The zero-order valence-corrected chi connectivity index (χ0v) is 11.5. The number of esters is 1. The van der Waals surface area contributed by atoms with Crippen LogP contribution in [0.4, 0.5) is 0 Å². The van der Waals surface area contributed by atoms with E-state index >= 15 is 0 Å². The largest absolute Gasteiger partial charge is 0.495 e. The van der Waals surface area contributed by atoms with E-state index in [1.54, 1.807) is 12.1 Å². The van der Waals surface area contributed by atoms with Crippen molar-refractivity contribution in [1.29, 1.82) is 0 Å². The highest BCUT2D eigenvalue weighted by Crippen LogP contribution is 2.37. The van der Waals surface area contributed by atoms with Crippen LogP contribution in [-0.4, -0.2) is 20.2 Å². The van der Waals surface area contributed by atoms with Crippen molar-refractivity contribution in [2.24, 2.45) is 0 Å². The minimum Gasteiger partial charge on any atom is -0.495 e. The fourth-order valence-corrected chi connectivity index (χ4v) is 2.47. The quantitative estimate of drug-likeness (QED) is 0.411. The number of hydrogen-bond donors (Lipinski definition) is 0. The second-order valence-electron chi connectivity index (χ2n) is 4.44. The molecule has 0 saturated heterocycles. The van der Waals surface area contributed by atoms with E-state index < -0.39 is 11.6 Å². The molecular formula is C16H12O5. The standard InChI is InChI=1S/C16H12O5/c1-19-15-10-6-4-3-5-9(10)14-11(7-8-12(17)21-14)13(15)16(18)20-2/h3-8H,1-2H3. The van der Waals surface area contributed by atoms with E-state index in [9.17, 15) is 9.59 Å². The van der Waals surface area contributed by atoms with Gasteiger partial charge in [-0.05, 0) is 6.07 Å². The van der Waals surface area contributed by atoms with Gasteiger partial charge in [-0.1, -0.05) is 24.3 Å². The van der Waals surface area contributed by atoms with Gasteiger partial charge in [0.1, 0.15) is 16.9 Å². The smallest absolute Gasteiger partial charge is 0.342 e. The topological polar surface area (TPSA) is 65.7 Å². The van der Waals surface area contributed by atoms with Gasteiger partial charge in [-0.15, -0.1) is 0 Å². The number of fused-ring (bicyclic) bond motifs is 3. The fourth-order valence-electron chi connectivity index (χ4n) is 2.47. The second kappa shape index (κ2) is 4.94. The van der Waals surface area contributed by atoms with Crippen LogP contribution >= 0.6 is 0 Å². The summed E-state index contributed by atoms with van der Waals surface area (Å²) in [5.41, 5.74) is 0.116. The number of hydrogen-bond acceptors (Lipinski definition) is 5. The van der Waals surface area contributed by atoms with E-state index in [2.05, 4.69) is 0 Å². The third-order valence-corrected chi connectivity index (χ3v) is 3.34. The highest BCUT2D eigenvalue weighted by atomic mass is 16.5. The molecule has 0 radical (unpaired) electrons. The first-order valence-corrected chi connectivity index (χ1v) is 6.28. The van der Waals surface area contributed by atoms with Gasteiger partial charge in [0.15, 0.2) is 0 Å². The third kappa shape index (κ3) is 1.94. The van der Waals surface area contributed by atoms with Crippen molar-refractivity contribution in [3.05, 3.63) is 52.4 Å². The summed E-state index contributed by atoms with van der Waals surface area (Å²) in [7, 11) is 2.78. The van der Waals surface area contributed by atoms with Crippen LogP contribution in [0.3, 0.4) is 0 Å². The first kappa shape index (κ1) is 13.2. The van der Waals surface area contributed by atoms with E-state index in [0.717, 1.165) is 0 Å². The predicted molar refractivity (Wildman–Crippen MR) is 77.9 cm³/mol. The summed E-state index contributed by atoms with van der Waals surface area (Å²) in [4.78, 5) is 23.6. The Morgan fingerprint density at radius 1 is 1.00 bits per heavy atom. The van der Waals surface area contributed by atoms with Crippen LogP contribution in [0.1, 0.15) is 10.4 Å². The van der Waals surface area contributed by atoms with Crippen LogP contribution in [0.15, 0.2) is 45.6 Å². The lowest BCUT2D eigenvalue weighted by molar-refractivity contribution is 0.0599. The lowest BCUT2D eigenvalue weighted by atomic mass is 10.00. The zero-order valence-electron chi connectivity index (χ0n) is 11.5. The molecule has 1 heterocycles. The molecule has 0 unspecified atom stereocenters. The minimum absolute atomic E-state index is 0.248. The summed E-state index contributed by atoms with van der Waals surface area (Å²) in [6.07, 6.45) is 0. The molecule has 5 heteroatoms. The monoisotopic (exact) mass is 284 g/mol. The molecule has 106 valence electrons. The molecule has 0 aliphatic carbocycles. The molecule has 1 aromatic heterocycles. The van der Waals surface area contributed by atoms with Crippen molar-refractivity contribution in [2.75, 3.05) is 14.2 Å². The van der Waals surface area contributed by atoms with Crippen molar-refractivity contribution in [3.8, 4) is 5.75 Å². The molecule has 0 bridgehead atoms. The van der Waals surface area contributed by atoms with Crippen LogP contribution in [0.25, 0.3) is 21.7 Å². The minimum atomic E-state index is -0.545. The second-order valence-corrected chi connectivity index (χ2v) is 4.44. The Bertz CT molecular complexity index is 908. The molecule has 0 amide bonds. The first-order valence-electron chi connectivity index (χ1n) is 6.28. The molecule has 21 heavy (non-hydrogen) atoms. The molecule has 0 aliphatic rings. The Kier molecular flexibility index (Phi) is 3.10. The Morgan fingerprint density at radius 2 is 1.71 bits per heavy atom. The van der Waals surface area contributed by atoms with Crippen LogP contribution in [0.5, 0.6) is 5.75 Å². The summed E-state index contributed by atoms with van der Waals surface area (Å²) < 4.78 is 15.5. The molecule has 2 aromatic carbocycles. The lowest BCUT2D eigenvalue weighted by Gasteiger charge is -2.13. The van der Waals surface area contributed by atoms with Gasteiger partial charge in [-0.3, -0.25) is 0 Å². The number of carbonyl (C=O) groups excluding carboxylic acids is 1. The fraction of sp³-hybridized carbons (Fsp3) is 0.125. The normalized spacial score (nSPS) is 10.8. The molecule has 0 N–H and O–H groups in total. The van der Waals surface area contributed by atoms with E-state index in [1.807, 2.05) is 18.2 Å². The van der Waals surface area contributed by atoms with Crippen molar-refractivity contribution < 1.29 is 18.7 Å². The van der Waals surface area contributed by atoms with E-state index in [-0.39, 0.29) is 5.56 Å². The van der Waals surface area contributed by atoms with Crippen molar-refractivity contribution in [3.63, 3.8) is 0 Å². The van der Waals surface area contributed by atoms with Crippen LogP contribution in [-0.2, 0) is 4.74 Å². The Hall–Kier alpha value is -2.82. The van der Waals surface area contributed by atoms with Gasteiger partial charge in [0, 0.05) is 22.2 Å². The number of carbonyl (C=O) groups is 1. The molecule has 0 atom stereocenters. The number of benzene rings is 2. The van der Waals surface area contributed by atoms with Crippen LogP contribution in [0, 0.1) is 0 Å². The van der Waals surface area contributed by atoms with Gasteiger partial charge in [0.05, 0.1) is 14.2 Å². The van der Waals surface area contributed by atoms with E-state index in [0.29, 0.717) is 27.5 Å². The summed E-state index contributed by atoms with van der Waals surface area (Å²) in [6, 6.07) is 10.1. The molecule has 0 saturated carbocycles. The molecule has 5 nitrogen and oxygen atoms in total. The van der Waals surface area contributed by atoms with Gasteiger partial charge < -0.3 is 13.9 Å². The summed E-state index contributed by atoms with van der Waals surface area (Å²) in [5, 5.41) is 1.87. The molecular weight excluding hydrogens is 272 g/mol. The Morgan fingerprint density at radius 3 is 2.38 bits per heavy atom. The van der Waals surface area contributed by atoms with Gasteiger partial charge in [-0.2, -0.15) is 0 Å². The van der Waals surface area contributed by atoms with Crippen molar-refractivity contribution in [2.45, 2.75) is 0 Å². The van der Waals surface area contributed by atoms with Crippen molar-refractivity contribution in [1.82, 2.24) is 0 Å². The average molecular weight is 284 g/mol. The first-order chi connectivity index (χ1) is 10.2. The van der Waals surface area contributed by atoms with Gasteiger partial charge in [-0.25, -0.2) is 9.59 Å². The van der Waals surface area contributed by atoms with Crippen molar-refractivity contribution >= 4 is 27.7 Å². The lowest BCUT2D eigenvalue weighted by Crippen LogP contribution is -2.07. The van der Waals surface area contributed by atoms with Crippen LogP contribution in [0.2, 0.25) is 0 Å². The number of methoxy groups -OCH3 is 2. The maximum Gasteiger partial charge on any atom is 0.342 e. The zero-order chi connectivity index (χ0) is 15.0. The maximum atomic E-state index is 12.1. The van der Waals surface area contributed by atoms with E-state index in [4.69, 9.17) is 13.9 Å². The Labute approximate surface area is 119 Å². The average Bonchev–Trinajstić information content (AvgIpc) is 2.52.